The Kier molecular flexibility index (Phi) is 2.18. The lowest BCUT2D eigenvalue weighted by Gasteiger charge is -1.99. The number of hydrogen-bond donors (Lipinski definition) is 0. The highest BCUT2D eigenvalue weighted by molar-refractivity contribution is 7.24. The van der Waals surface area contributed by atoms with Crippen molar-refractivity contribution in [3.63, 3.8) is 0 Å². The molecule has 0 aliphatic rings. The molecule has 0 fully saturated rings. The molecule has 4 heteroatoms. The molecule has 0 amide bonds. The van der Waals surface area contributed by atoms with Crippen LogP contribution in [0.25, 0.3) is 36.9 Å². The van der Waals surface area contributed by atoms with Gasteiger partial charge >= 0.3 is 0 Å². The summed E-state index contributed by atoms with van der Waals surface area (Å²) in [4.78, 5) is 14.1. The average molecular weight is 304 g/mol. The summed E-state index contributed by atoms with van der Waals surface area (Å²) < 4.78 is 5.09. The maximum atomic E-state index is 13.1. The molecule has 0 atom stereocenters. The van der Waals surface area contributed by atoms with Crippen LogP contribution in [0.2, 0.25) is 0 Å². The molecule has 0 saturated heterocycles. The van der Waals surface area contributed by atoms with Gasteiger partial charge < -0.3 is 4.57 Å². The molecule has 0 aliphatic heterocycles. The van der Waals surface area contributed by atoms with Crippen molar-refractivity contribution < 1.29 is 0 Å². The Labute approximate surface area is 129 Å². The number of nitrogens with zero attached hydrogens (tertiary/aromatic N) is 2. The van der Waals surface area contributed by atoms with Gasteiger partial charge in [-0.05, 0) is 24.3 Å². The zero-order chi connectivity index (χ0) is 14.8. The molecule has 2 aromatic carbocycles. The average Bonchev–Trinajstić information content (AvgIpc) is 3.05. The standard InChI is InChI=1S/C18H12N2OS/c1-19-12-7-3-2-6-11(12)17-14(19)10-16-20(18(17)21)13-8-4-5-9-15(13)22-16/h2-10H,1H3. The van der Waals surface area contributed by atoms with E-state index >= 15 is 0 Å². The lowest BCUT2D eigenvalue weighted by Crippen LogP contribution is -2.11. The number of rotatable bonds is 0. The molecule has 0 radical (unpaired) electrons. The molecule has 5 rings (SSSR count). The van der Waals surface area contributed by atoms with E-state index in [0.717, 1.165) is 36.9 Å². The Morgan fingerprint density at radius 3 is 2.50 bits per heavy atom. The zero-order valence-electron chi connectivity index (χ0n) is 11.9. The van der Waals surface area contributed by atoms with Gasteiger partial charge in [-0.25, -0.2) is 0 Å². The van der Waals surface area contributed by atoms with Crippen LogP contribution in [0, 0.1) is 0 Å². The number of fused-ring (bicyclic) bond motifs is 6. The number of aromatic nitrogens is 2. The van der Waals surface area contributed by atoms with Crippen LogP contribution < -0.4 is 5.56 Å². The van der Waals surface area contributed by atoms with Gasteiger partial charge in [-0.1, -0.05) is 30.3 Å². The van der Waals surface area contributed by atoms with Crippen molar-refractivity contribution in [2.75, 3.05) is 0 Å². The topological polar surface area (TPSA) is 26.4 Å². The van der Waals surface area contributed by atoms with Gasteiger partial charge in [0.1, 0.15) is 4.83 Å². The molecule has 5 aromatic rings. The summed E-state index contributed by atoms with van der Waals surface area (Å²) in [5.74, 6) is 0. The van der Waals surface area contributed by atoms with Crippen molar-refractivity contribution in [1.82, 2.24) is 8.97 Å². The van der Waals surface area contributed by atoms with Crippen LogP contribution in [-0.4, -0.2) is 8.97 Å². The summed E-state index contributed by atoms with van der Waals surface area (Å²) >= 11 is 1.66. The van der Waals surface area contributed by atoms with Crippen LogP contribution in [0.4, 0.5) is 0 Å². The van der Waals surface area contributed by atoms with E-state index in [9.17, 15) is 4.79 Å². The Morgan fingerprint density at radius 2 is 1.64 bits per heavy atom. The van der Waals surface area contributed by atoms with Gasteiger partial charge in [0.2, 0.25) is 0 Å². The monoisotopic (exact) mass is 304 g/mol. The number of aryl methyl sites for hydroxylation is 1. The van der Waals surface area contributed by atoms with E-state index in [1.54, 1.807) is 11.3 Å². The third-order valence-corrected chi connectivity index (χ3v) is 5.45. The van der Waals surface area contributed by atoms with Crippen LogP contribution in [0.5, 0.6) is 0 Å². The van der Waals surface area contributed by atoms with Crippen molar-refractivity contribution in [3.05, 3.63) is 65.0 Å². The molecule has 0 saturated carbocycles. The maximum absolute atomic E-state index is 13.1. The maximum Gasteiger partial charge on any atom is 0.266 e. The molecule has 0 N–H and O–H groups in total. The van der Waals surface area contributed by atoms with Crippen molar-refractivity contribution in [1.29, 1.82) is 0 Å². The van der Waals surface area contributed by atoms with E-state index in [2.05, 4.69) is 22.8 Å². The van der Waals surface area contributed by atoms with E-state index in [1.807, 2.05) is 47.8 Å². The van der Waals surface area contributed by atoms with Gasteiger partial charge in [-0.15, -0.1) is 11.3 Å². The number of pyridine rings is 1. The highest BCUT2D eigenvalue weighted by Gasteiger charge is 2.15. The van der Waals surface area contributed by atoms with Crippen LogP contribution in [0.15, 0.2) is 59.4 Å². The first-order valence-corrected chi connectivity index (χ1v) is 7.98. The molecule has 0 spiro atoms. The van der Waals surface area contributed by atoms with E-state index in [0.29, 0.717) is 0 Å². The smallest absolute Gasteiger partial charge is 0.266 e. The molecule has 3 aromatic heterocycles. The predicted molar refractivity (Wildman–Crippen MR) is 93.0 cm³/mol. The summed E-state index contributed by atoms with van der Waals surface area (Å²) in [5.41, 5.74) is 3.15. The number of para-hydroxylation sites is 2. The zero-order valence-corrected chi connectivity index (χ0v) is 12.7. The Bertz CT molecular complexity index is 1260. The first kappa shape index (κ1) is 12.0. The minimum Gasteiger partial charge on any atom is -0.343 e. The Balaban J connectivity index is 2.17. The molecular formula is C18H12N2OS. The molecule has 3 heterocycles. The Hall–Kier alpha value is -2.59. The molecule has 106 valence electrons. The fourth-order valence-electron chi connectivity index (χ4n) is 3.34. The highest BCUT2D eigenvalue weighted by Crippen LogP contribution is 2.31. The highest BCUT2D eigenvalue weighted by atomic mass is 32.1. The number of thiazole rings is 1. The molecule has 0 unspecified atom stereocenters. The fourth-order valence-corrected chi connectivity index (χ4v) is 4.42. The quantitative estimate of drug-likeness (QED) is 0.422. The lowest BCUT2D eigenvalue weighted by atomic mass is 10.2. The molecule has 0 aliphatic carbocycles. The largest absolute Gasteiger partial charge is 0.343 e. The summed E-state index contributed by atoms with van der Waals surface area (Å²) in [6, 6.07) is 18.3. The van der Waals surface area contributed by atoms with Crippen molar-refractivity contribution in [3.8, 4) is 0 Å². The van der Waals surface area contributed by atoms with Gasteiger partial charge in [-0.3, -0.25) is 9.20 Å². The second kappa shape index (κ2) is 3.99. The first-order valence-electron chi connectivity index (χ1n) is 7.16. The van der Waals surface area contributed by atoms with Crippen molar-refractivity contribution >= 4 is 48.2 Å². The minimum absolute atomic E-state index is 0.0711. The third kappa shape index (κ3) is 1.33. The summed E-state index contributed by atoms with van der Waals surface area (Å²) in [5, 5.41) is 1.83. The van der Waals surface area contributed by atoms with Gasteiger partial charge in [0.25, 0.3) is 5.56 Å². The second-order valence-electron chi connectivity index (χ2n) is 5.53. The predicted octanol–water partition coefficient (Wildman–Crippen LogP) is 4.16. The van der Waals surface area contributed by atoms with Crippen LogP contribution >= 0.6 is 11.3 Å². The second-order valence-corrected chi connectivity index (χ2v) is 6.59. The van der Waals surface area contributed by atoms with E-state index < -0.39 is 0 Å². The molecule has 3 nitrogen and oxygen atoms in total. The summed E-state index contributed by atoms with van der Waals surface area (Å²) in [6.07, 6.45) is 0. The van der Waals surface area contributed by atoms with E-state index in [1.165, 1.54) is 0 Å². The summed E-state index contributed by atoms with van der Waals surface area (Å²) in [6.45, 7) is 0. The minimum atomic E-state index is 0.0711. The van der Waals surface area contributed by atoms with E-state index in [4.69, 9.17) is 0 Å². The van der Waals surface area contributed by atoms with Gasteiger partial charge in [-0.2, -0.15) is 0 Å². The lowest BCUT2D eigenvalue weighted by molar-refractivity contribution is 1.01. The van der Waals surface area contributed by atoms with Crippen LogP contribution in [0.3, 0.4) is 0 Å². The normalized spacial score (nSPS) is 12.0. The van der Waals surface area contributed by atoms with Crippen molar-refractivity contribution in [2.24, 2.45) is 7.05 Å². The fraction of sp³-hybridized carbons (Fsp3) is 0.0556. The summed E-state index contributed by atoms with van der Waals surface area (Å²) in [7, 11) is 2.02. The number of benzene rings is 2. The van der Waals surface area contributed by atoms with E-state index in [-0.39, 0.29) is 5.56 Å². The SMILES string of the molecule is Cn1c2ccccc2c2c(=O)n3c(cc21)sc1ccccc13. The first-order chi connectivity index (χ1) is 10.8. The van der Waals surface area contributed by atoms with Gasteiger partial charge in [0.05, 0.1) is 21.1 Å². The molecule has 22 heavy (non-hydrogen) atoms. The van der Waals surface area contributed by atoms with Crippen LogP contribution in [0.1, 0.15) is 0 Å². The third-order valence-electron chi connectivity index (χ3n) is 4.37. The van der Waals surface area contributed by atoms with Gasteiger partial charge in [0, 0.05) is 18.0 Å². The van der Waals surface area contributed by atoms with Gasteiger partial charge in [0.15, 0.2) is 0 Å². The number of hydrogen-bond acceptors (Lipinski definition) is 2. The molecule has 0 bridgehead atoms. The Morgan fingerprint density at radius 1 is 0.909 bits per heavy atom. The molecular weight excluding hydrogens is 292 g/mol. The van der Waals surface area contributed by atoms with Crippen molar-refractivity contribution in [2.45, 2.75) is 0 Å². The van der Waals surface area contributed by atoms with Crippen LogP contribution in [-0.2, 0) is 7.05 Å².